The van der Waals surface area contributed by atoms with Gasteiger partial charge >= 0.3 is 0 Å². The fourth-order valence-corrected chi connectivity index (χ4v) is 3.06. The van der Waals surface area contributed by atoms with Crippen LogP contribution in [0.4, 0.5) is 21.5 Å². The van der Waals surface area contributed by atoms with Crippen LogP contribution in [0.25, 0.3) is 0 Å². The van der Waals surface area contributed by atoms with Crippen LogP contribution < -0.4 is 10.6 Å². The molecule has 1 aliphatic rings. The SMILES string of the molecule is O=C1Cc2cc(C(=O)Cc3ccncc3Nc3ccc(F)cc3)ccc2N1. The van der Waals surface area contributed by atoms with Gasteiger partial charge < -0.3 is 10.6 Å². The topological polar surface area (TPSA) is 71.1 Å². The van der Waals surface area contributed by atoms with Gasteiger partial charge in [-0.15, -0.1) is 0 Å². The Kier molecular flexibility index (Phi) is 4.38. The number of halogens is 1. The first-order valence-electron chi connectivity index (χ1n) is 8.50. The Labute approximate surface area is 155 Å². The Morgan fingerprint density at radius 2 is 1.96 bits per heavy atom. The lowest BCUT2D eigenvalue weighted by atomic mass is 10.00. The van der Waals surface area contributed by atoms with E-state index in [1.54, 1.807) is 48.8 Å². The Bertz CT molecular complexity index is 1030. The quantitative estimate of drug-likeness (QED) is 0.677. The monoisotopic (exact) mass is 361 g/mol. The molecule has 4 rings (SSSR count). The number of rotatable bonds is 5. The molecule has 0 radical (unpaired) electrons. The van der Waals surface area contributed by atoms with Gasteiger partial charge in [-0.3, -0.25) is 14.6 Å². The molecule has 1 aromatic heterocycles. The number of carbonyl (C=O) groups is 2. The fourth-order valence-electron chi connectivity index (χ4n) is 3.06. The number of hydrogen-bond acceptors (Lipinski definition) is 4. The van der Waals surface area contributed by atoms with Gasteiger partial charge in [0.1, 0.15) is 5.82 Å². The molecule has 1 amide bonds. The summed E-state index contributed by atoms with van der Waals surface area (Å²) < 4.78 is 13.1. The average Bonchev–Trinajstić information content (AvgIpc) is 3.04. The lowest BCUT2D eigenvalue weighted by Crippen LogP contribution is -2.06. The number of aromatic nitrogens is 1. The highest BCUT2D eigenvalue weighted by molar-refractivity contribution is 6.03. The molecule has 0 atom stereocenters. The highest BCUT2D eigenvalue weighted by Gasteiger charge is 2.19. The molecule has 0 aliphatic carbocycles. The maximum atomic E-state index is 13.1. The lowest BCUT2D eigenvalue weighted by Gasteiger charge is -2.11. The number of carbonyl (C=O) groups excluding carboxylic acids is 2. The van der Waals surface area contributed by atoms with Gasteiger partial charge in [-0.2, -0.15) is 0 Å². The second-order valence-electron chi connectivity index (χ2n) is 6.36. The highest BCUT2D eigenvalue weighted by Crippen LogP contribution is 2.26. The maximum absolute atomic E-state index is 13.1. The van der Waals surface area contributed by atoms with E-state index in [0.29, 0.717) is 23.4 Å². The van der Waals surface area contributed by atoms with Crippen LogP contribution in [0.2, 0.25) is 0 Å². The third-order valence-corrected chi connectivity index (χ3v) is 4.44. The van der Waals surface area contributed by atoms with Crippen molar-refractivity contribution in [1.82, 2.24) is 4.98 Å². The summed E-state index contributed by atoms with van der Waals surface area (Å²) in [4.78, 5) is 28.3. The van der Waals surface area contributed by atoms with E-state index in [1.807, 2.05) is 0 Å². The van der Waals surface area contributed by atoms with E-state index in [0.717, 1.165) is 16.8 Å². The van der Waals surface area contributed by atoms with Gasteiger partial charge in [-0.05, 0) is 59.7 Å². The molecule has 6 heteroatoms. The van der Waals surface area contributed by atoms with E-state index in [9.17, 15) is 14.0 Å². The van der Waals surface area contributed by atoms with E-state index in [-0.39, 0.29) is 23.9 Å². The van der Waals surface area contributed by atoms with Gasteiger partial charge in [-0.1, -0.05) is 0 Å². The number of hydrogen-bond donors (Lipinski definition) is 2. The summed E-state index contributed by atoms with van der Waals surface area (Å²) >= 11 is 0. The number of Topliss-reactive ketones (excluding diaryl/α,β-unsaturated/α-hetero) is 1. The van der Waals surface area contributed by atoms with E-state index in [2.05, 4.69) is 15.6 Å². The molecule has 0 bridgehead atoms. The third-order valence-electron chi connectivity index (χ3n) is 4.44. The number of pyridine rings is 1. The summed E-state index contributed by atoms with van der Waals surface area (Å²) in [5.74, 6) is -0.424. The summed E-state index contributed by atoms with van der Waals surface area (Å²) in [6.45, 7) is 0. The zero-order valence-electron chi connectivity index (χ0n) is 14.3. The fraction of sp³-hybridized carbons (Fsp3) is 0.0952. The van der Waals surface area contributed by atoms with Crippen molar-refractivity contribution in [3.63, 3.8) is 0 Å². The van der Waals surface area contributed by atoms with Crippen LogP contribution in [0.1, 0.15) is 21.5 Å². The summed E-state index contributed by atoms with van der Waals surface area (Å²) in [5.41, 5.74) is 4.35. The number of benzene rings is 2. The maximum Gasteiger partial charge on any atom is 0.228 e. The largest absolute Gasteiger partial charge is 0.354 e. The molecular formula is C21H16FN3O2. The van der Waals surface area contributed by atoms with Gasteiger partial charge in [0.15, 0.2) is 5.78 Å². The minimum Gasteiger partial charge on any atom is -0.354 e. The van der Waals surface area contributed by atoms with E-state index in [1.165, 1.54) is 12.1 Å². The molecule has 5 nitrogen and oxygen atoms in total. The second kappa shape index (κ2) is 6.99. The van der Waals surface area contributed by atoms with Crippen molar-refractivity contribution < 1.29 is 14.0 Å². The molecule has 2 aromatic carbocycles. The van der Waals surface area contributed by atoms with Crippen LogP contribution in [-0.4, -0.2) is 16.7 Å². The predicted molar refractivity (Wildman–Crippen MR) is 101 cm³/mol. The number of anilines is 3. The van der Waals surface area contributed by atoms with Crippen molar-refractivity contribution in [1.29, 1.82) is 0 Å². The van der Waals surface area contributed by atoms with Crippen LogP contribution in [0, 0.1) is 5.82 Å². The van der Waals surface area contributed by atoms with Crippen molar-refractivity contribution >= 4 is 28.8 Å². The summed E-state index contributed by atoms with van der Waals surface area (Å²) in [6.07, 6.45) is 3.75. The summed E-state index contributed by atoms with van der Waals surface area (Å²) in [5, 5.41) is 5.93. The molecule has 1 aliphatic heterocycles. The van der Waals surface area contributed by atoms with Crippen molar-refractivity contribution in [2.45, 2.75) is 12.8 Å². The van der Waals surface area contributed by atoms with Gasteiger partial charge in [0.05, 0.1) is 18.3 Å². The van der Waals surface area contributed by atoms with Crippen LogP contribution in [0.15, 0.2) is 60.9 Å². The molecule has 0 unspecified atom stereocenters. The van der Waals surface area contributed by atoms with Crippen molar-refractivity contribution in [3.05, 3.63) is 83.4 Å². The minimum atomic E-state index is -0.313. The molecular weight excluding hydrogens is 345 g/mol. The van der Waals surface area contributed by atoms with Gasteiger partial charge in [0.2, 0.25) is 5.91 Å². The first-order valence-corrected chi connectivity index (χ1v) is 8.50. The van der Waals surface area contributed by atoms with Crippen molar-refractivity contribution in [2.24, 2.45) is 0 Å². The predicted octanol–water partition coefficient (Wildman–Crippen LogP) is 3.88. The molecule has 2 heterocycles. The van der Waals surface area contributed by atoms with Gasteiger partial charge in [0.25, 0.3) is 0 Å². The van der Waals surface area contributed by atoms with Crippen LogP contribution in [0.3, 0.4) is 0 Å². The van der Waals surface area contributed by atoms with E-state index < -0.39 is 0 Å². The highest BCUT2D eigenvalue weighted by atomic mass is 19.1. The van der Waals surface area contributed by atoms with Crippen molar-refractivity contribution in [2.75, 3.05) is 10.6 Å². The molecule has 0 saturated carbocycles. The Hall–Kier alpha value is -3.54. The molecule has 0 fully saturated rings. The van der Waals surface area contributed by atoms with Crippen LogP contribution in [-0.2, 0) is 17.6 Å². The number of nitrogens with one attached hydrogen (secondary N) is 2. The van der Waals surface area contributed by atoms with Gasteiger partial charge in [0, 0.05) is 29.6 Å². The normalized spacial score (nSPS) is 12.4. The Morgan fingerprint density at radius 3 is 2.78 bits per heavy atom. The first-order chi connectivity index (χ1) is 13.1. The van der Waals surface area contributed by atoms with Crippen LogP contribution >= 0.6 is 0 Å². The molecule has 134 valence electrons. The van der Waals surface area contributed by atoms with Gasteiger partial charge in [-0.25, -0.2) is 4.39 Å². The standard InChI is InChI=1S/C21H16FN3O2/c22-16-2-4-17(5-3-16)24-19-12-23-8-7-13(19)10-20(26)14-1-6-18-15(9-14)11-21(27)25-18/h1-9,12,24H,10-11H2,(H,25,27). The molecule has 3 aromatic rings. The van der Waals surface area contributed by atoms with E-state index in [4.69, 9.17) is 0 Å². The summed E-state index contributed by atoms with van der Waals surface area (Å²) in [6, 6.07) is 13.0. The average molecular weight is 361 g/mol. The molecule has 27 heavy (non-hydrogen) atoms. The number of ketones is 1. The van der Waals surface area contributed by atoms with E-state index >= 15 is 0 Å². The first kappa shape index (κ1) is 16.9. The third kappa shape index (κ3) is 3.69. The second-order valence-corrected chi connectivity index (χ2v) is 6.36. The molecule has 2 N–H and O–H groups in total. The summed E-state index contributed by atoms with van der Waals surface area (Å²) in [7, 11) is 0. The molecule has 0 spiro atoms. The number of fused-ring (bicyclic) bond motifs is 1. The Balaban J connectivity index is 1.54. The smallest absolute Gasteiger partial charge is 0.228 e. The number of nitrogens with zero attached hydrogens (tertiary/aromatic N) is 1. The Morgan fingerprint density at radius 1 is 1.15 bits per heavy atom. The lowest BCUT2D eigenvalue weighted by molar-refractivity contribution is -0.115. The van der Waals surface area contributed by atoms with Crippen LogP contribution in [0.5, 0.6) is 0 Å². The molecule has 0 saturated heterocycles. The minimum absolute atomic E-state index is 0.0505. The zero-order valence-corrected chi connectivity index (χ0v) is 14.3. The zero-order chi connectivity index (χ0) is 18.8. The number of amides is 1. The van der Waals surface area contributed by atoms with Crippen molar-refractivity contribution in [3.8, 4) is 0 Å².